The molecule has 1 aliphatic rings. The second-order valence-electron chi connectivity index (χ2n) is 3.51. The standard InChI is InChI=1S/C9H12N2O6/c1-5-2-11(9(14)10-8(5)13)17-7-4-15-6(3-12)16-7/h2,6-7,12H,3-4H2,1H3,(H,10,13,14)/t6-,7+/m1/s1. The Hall–Kier alpha value is -1.64. The first-order chi connectivity index (χ1) is 8.10. The summed E-state index contributed by atoms with van der Waals surface area (Å²) in [5.74, 6) is 0. The first kappa shape index (κ1) is 11.8. The minimum Gasteiger partial charge on any atom is -0.391 e. The lowest BCUT2D eigenvalue weighted by Gasteiger charge is -2.13. The maximum absolute atomic E-state index is 11.4. The lowest BCUT2D eigenvalue weighted by Crippen LogP contribution is -2.39. The molecule has 94 valence electrons. The molecule has 0 aliphatic carbocycles. The van der Waals surface area contributed by atoms with Crippen LogP contribution in [0.4, 0.5) is 0 Å². The van der Waals surface area contributed by atoms with Crippen LogP contribution in [-0.4, -0.2) is 40.6 Å². The highest BCUT2D eigenvalue weighted by Gasteiger charge is 2.27. The minimum absolute atomic E-state index is 0.0931. The fourth-order valence-corrected chi connectivity index (χ4v) is 1.33. The van der Waals surface area contributed by atoms with E-state index >= 15 is 0 Å². The molecule has 0 radical (unpaired) electrons. The van der Waals surface area contributed by atoms with Gasteiger partial charge in [-0.15, -0.1) is 4.73 Å². The number of H-pyrrole nitrogens is 1. The second kappa shape index (κ2) is 4.70. The molecule has 1 aromatic heterocycles. The Morgan fingerprint density at radius 2 is 2.41 bits per heavy atom. The molecule has 2 rings (SSSR count). The van der Waals surface area contributed by atoms with Crippen LogP contribution in [0.1, 0.15) is 5.56 Å². The zero-order valence-corrected chi connectivity index (χ0v) is 9.08. The van der Waals surface area contributed by atoms with Crippen LogP contribution in [0.5, 0.6) is 0 Å². The van der Waals surface area contributed by atoms with E-state index in [2.05, 4.69) is 4.98 Å². The van der Waals surface area contributed by atoms with Crippen LogP contribution in [0.3, 0.4) is 0 Å². The number of nitrogens with zero attached hydrogens (tertiary/aromatic N) is 1. The van der Waals surface area contributed by atoms with E-state index in [1.165, 1.54) is 6.20 Å². The van der Waals surface area contributed by atoms with Gasteiger partial charge in [0.15, 0.2) is 6.29 Å². The Morgan fingerprint density at radius 1 is 1.65 bits per heavy atom. The Kier molecular flexibility index (Phi) is 3.27. The number of nitrogens with one attached hydrogen (secondary N) is 1. The lowest BCUT2D eigenvalue weighted by molar-refractivity contribution is -0.159. The summed E-state index contributed by atoms with van der Waals surface area (Å²) in [5, 5.41) is 8.76. The summed E-state index contributed by atoms with van der Waals surface area (Å²) in [7, 11) is 0. The Labute approximate surface area is 95.3 Å². The number of ether oxygens (including phenoxy) is 2. The van der Waals surface area contributed by atoms with Gasteiger partial charge in [-0.05, 0) is 6.92 Å². The molecule has 8 nitrogen and oxygen atoms in total. The van der Waals surface area contributed by atoms with Crippen LogP contribution in [0.2, 0.25) is 0 Å². The molecule has 0 amide bonds. The average Bonchev–Trinajstić information content (AvgIpc) is 2.73. The van der Waals surface area contributed by atoms with E-state index in [4.69, 9.17) is 19.4 Å². The molecule has 2 heterocycles. The Bertz CT molecular complexity index is 507. The molecule has 0 spiro atoms. The normalized spacial score (nSPS) is 23.9. The first-order valence-corrected chi connectivity index (χ1v) is 4.98. The number of hydrogen-bond acceptors (Lipinski definition) is 6. The molecule has 1 aromatic rings. The van der Waals surface area contributed by atoms with Crippen LogP contribution in [0, 0.1) is 6.92 Å². The van der Waals surface area contributed by atoms with Crippen molar-refractivity contribution < 1.29 is 19.4 Å². The fraction of sp³-hybridized carbons (Fsp3) is 0.556. The van der Waals surface area contributed by atoms with Gasteiger partial charge in [-0.1, -0.05) is 0 Å². The summed E-state index contributed by atoms with van der Waals surface area (Å²) in [6, 6.07) is 0. The molecular weight excluding hydrogens is 232 g/mol. The van der Waals surface area contributed by atoms with Crippen LogP contribution in [0.25, 0.3) is 0 Å². The molecule has 1 aliphatic heterocycles. The van der Waals surface area contributed by atoms with E-state index in [0.717, 1.165) is 4.73 Å². The van der Waals surface area contributed by atoms with Crippen molar-refractivity contribution in [2.24, 2.45) is 0 Å². The van der Waals surface area contributed by atoms with Crippen molar-refractivity contribution in [3.8, 4) is 0 Å². The fourth-order valence-electron chi connectivity index (χ4n) is 1.33. The minimum atomic E-state index is -0.796. The number of aliphatic hydroxyl groups excluding tert-OH is 1. The largest absolute Gasteiger partial charge is 0.391 e. The highest BCUT2D eigenvalue weighted by atomic mass is 16.9. The van der Waals surface area contributed by atoms with Gasteiger partial charge in [0.1, 0.15) is 6.61 Å². The maximum atomic E-state index is 11.4. The van der Waals surface area contributed by atoms with Gasteiger partial charge in [-0.3, -0.25) is 9.78 Å². The van der Waals surface area contributed by atoms with Gasteiger partial charge in [0, 0.05) is 5.56 Å². The SMILES string of the molecule is Cc1cn(O[C@H]2CO[C@@H](CO)O2)c(=O)[nH]c1=O. The van der Waals surface area contributed by atoms with Crippen LogP contribution in [-0.2, 0) is 9.47 Å². The number of aliphatic hydroxyl groups is 1. The topological polar surface area (TPSA) is 103 Å². The van der Waals surface area contributed by atoms with E-state index in [-0.39, 0.29) is 13.2 Å². The third kappa shape index (κ3) is 2.54. The quantitative estimate of drug-likeness (QED) is 0.635. The summed E-state index contributed by atoms with van der Waals surface area (Å²) < 4.78 is 11.0. The third-order valence-electron chi connectivity index (χ3n) is 2.19. The van der Waals surface area contributed by atoms with Crippen LogP contribution in [0.15, 0.2) is 15.8 Å². The second-order valence-corrected chi connectivity index (χ2v) is 3.51. The van der Waals surface area contributed by atoms with Crippen molar-refractivity contribution in [2.45, 2.75) is 19.5 Å². The molecule has 8 heteroatoms. The number of aryl methyl sites for hydroxylation is 1. The molecule has 0 aromatic carbocycles. The van der Waals surface area contributed by atoms with Crippen LogP contribution >= 0.6 is 0 Å². The Balaban J connectivity index is 2.12. The molecular formula is C9H12N2O6. The van der Waals surface area contributed by atoms with E-state index in [0.29, 0.717) is 5.56 Å². The number of hydrogen-bond donors (Lipinski definition) is 2. The number of aromatic amines is 1. The van der Waals surface area contributed by atoms with Crippen molar-refractivity contribution in [1.82, 2.24) is 9.71 Å². The van der Waals surface area contributed by atoms with E-state index < -0.39 is 23.8 Å². The summed E-state index contributed by atoms with van der Waals surface area (Å²) in [6.45, 7) is 1.34. The summed E-state index contributed by atoms with van der Waals surface area (Å²) >= 11 is 0. The average molecular weight is 244 g/mol. The highest BCUT2D eigenvalue weighted by molar-refractivity contribution is 4.99. The highest BCUT2D eigenvalue weighted by Crippen LogP contribution is 2.09. The number of aromatic nitrogens is 2. The monoisotopic (exact) mass is 244 g/mol. The van der Waals surface area contributed by atoms with Gasteiger partial charge in [0.25, 0.3) is 11.8 Å². The lowest BCUT2D eigenvalue weighted by atomic mass is 10.4. The van der Waals surface area contributed by atoms with Gasteiger partial charge >= 0.3 is 5.69 Å². The molecule has 2 N–H and O–H groups in total. The molecule has 2 atom stereocenters. The van der Waals surface area contributed by atoms with E-state index in [1.807, 2.05) is 0 Å². The zero-order chi connectivity index (χ0) is 12.4. The maximum Gasteiger partial charge on any atom is 0.361 e. The number of rotatable bonds is 3. The zero-order valence-electron chi connectivity index (χ0n) is 9.08. The third-order valence-corrected chi connectivity index (χ3v) is 2.19. The van der Waals surface area contributed by atoms with Crippen molar-refractivity contribution in [3.63, 3.8) is 0 Å². The molecule has 1 fully saturated rings. The van der Waals surface area contributed by atoms with Crippen LogP contribution < -0.4 is 16.1 Å². The predicted octanol–water partition coefficient (Wildman–Crippen LogP) is -2.04. The molecule has 0 bridgehead atoms. The Morgan fingerprint density at radius 3 is 3.06 bits per heavy atom. The summed E-state index contributed by atoms with van der Waals surface area (Å²) in [5.41, 5.74) is -0.828. The van der Waals surface area contributed by atoms with Gasteiger partial charge < -0.3 is 19.4 Å². The summed E-state index contributed by atoms with van der Waals surface area (Å²) in [4.78, 5) is 29.7. The van der Waals surface area contributed by atoms with E-state index in [9.17, 15) is 9.59 Å². The van der Waals surface area contributed by atoms with Crippen molar-refractivity contribution in [3.05, 3.63) is 32.6 Å². The van der Waals surface area contributed by atoms with Crippen molar-refractivity contribution >= 4 is 0 Å². The molecule has 1 saturated heterocycles. The van der Waals surface area contributed by atoms with E-state index in [1.54, 1.807) is 6.92 Å². The molecule has 0 unspecified atom stereocenters. The predicted molar refractivity (Wildman–Crippen MR) is 54.3 cm³/mol. The van der Waals surface area contributed by atoms with Gasteiger partial charge in [-0.2, -0.15) is 0 Å². The molecule has 17 heavy (non-hydrogen) atoms. The van der Waals surface area contributed by atoms with Crippen molar-refractivity contribution in [2.75, 3.05) is 13.2 Å². The van der Waals surface area contributed by atoms with Gasteiger partial charge in [-0.25, -0.2) is 4.79 Å². The first-order valence-electron chi connectivity index (χ1n) is 4.98. The summed E-state index contributed by atoms with van der Waals surface area (Å²) in [6.07, 6.45) is -0.286. The molecule has 0 saturated carbocycles. The van der Waals surface area contributed by atoms with Crippen molar-refractivity contribution in [1.29, 1.82) is 0 Å². The smallest absolute Gasteiger partial charge is 0.361 e. The van der Waals surface area contributed by atoms with Gasteiger partial charge in [0.05, 0.1) is 12.8 Å². The van der Waals surface area contributed by atoms with Gasteiger partial charge in [0.2, 0.25) is 0 Å².